The molecule has 0 spiro atoms. The molecule has 1 fully saturated rings. The molecule has 1 aromatic carbocycles. The lowest BCUT2D eigenvalue weighted by Crippen LogP contribution is -2.50. The van der Waals surface area contributed by atoms with Crippen LogP contribution in [0.2, 0.25) is 0 Å². The van der Waals surface area contributed by atoms with Crippen molar-refractivity contribution in [3.8, 4) is 10.4 Å². The predicted molar refractivity (Wildman–Crippen MR) is 106 cm³/mol. The minimum Gasteiger partial charge on any atom is -0.464 e. The molecule has 1 saturated heterocycles. The van der Waals surface area contributed by atoms with E-state index in [1.807, 2.05) is 12.1 Å². The maximum atomic E-state index is 13.2. The third kappa shape index (κ3) is 3.16. The van der Waals surface area contributed by atoms with Crippen LogP contribution in [0.15, 0.2) is 30.3 Å². The molecule has 2 aromatic rings. The molecule has 0 unspecified atom stereocenters. The van der Waals surface area contributed by atoms with Gasteiger partial charge in [-0.05, 0) is 42.5 Å². The molecule has 2 aliphatic rings. The van der Waals surface area contributed by atoms with Crippen molar-refractivity contribution < 1.29 is 14.3 Å². The van der Waals surface area contributed by atoms with Crippen molar-refractivity contribution >= 4 is 35.0 Å². The van der Waals surface area contributed by atoms with Crippen LogP contribution in [0.3, 0.4) is 0 Å². The van der Waals surface area contributed by atoms with Crippen LogP contribution in [0.5, 0.6) is 0 Å². The van der Waals surface area contributed by atoms with Gasteiger partial charge in [0, 0.05) is 22.9 Å². The Morgan fingerprint density at radius 1 is 1.23 bits per heavy atom. The summed E-state index contributed by atoms with van der Waals surface area (Å²) in [6.45, 7) is 2.73. The molecule has 1 aliphatic heterocycles. The molecule has 0 N–H and O–H groups in total. The van der Waals surface area contributed by atoms with Gasteiger partial charge in [-0.15, -0.1) is 11.3 Å². The molecule has 1 amide bonds. The highest BCUT2D eigenvalue weighted by Gasteiger charge is 2.35. The smallest absolute Gasteiger partial charge is 0.329 e. The zero-order valence-corrected chi connectivity index (χ0v) is 16.3. The molecule has 4 nitrogen and oxygen atoms in total. The number of esters is 1. The number of nitrogens with zero attached hydrogens (tertiary/aromatic N) is 1. The van der Waals surface area contributed by atoms with Crippen LogP contribution in [0.25, 0.3) is 10.4 Å². The van der Waals surface area contributed by atoms with Crippen molar-refractivity contribution in [2.45, 2.75) is 25.8 Å². The average Bonchev–Trinajstić information content (AvgIpc) is 3.12. The Morgan fingerprint density at radius 2 is 2.04 bits per heavy atom. The number of aryl methyl sites for hydroxylation is 2. The summed E-state index contributed by atoms with van der Waals surface area (Å²) in [6, 6.07) is 9.97. The summed E-state index contributed by atoms with van der Waals surface area (Å²) in [5.41, 5.74) is 3.84. The van der Waals surface area contributed by atoms with E-state index in [2.05, 4.69) is 18.2 Å². The molecule has 1 aliphatic carbocycles. The molecule has 1 atom stereocenters. The van der Waals surface area contributed by atoms with Gasteiger partial charge in [0.15, 0.2) is 0 Å². The molecule has 6 heteroatoms. The Labute approximate surface area is 161 Å². The van der Waals surface area contributed by atoms with Crippen LogP contribution in [0, 0.1) is 0 Å². The predicted octanol–water partition coefficient (Wildman–Crippen LogP) is 3.63. The number of amides is 1. The number of ether oxygens (including phenoxy) is 1. The van der Waals surface area contributed by atoms with E-state index in [0.29, 0.717) is 18.9 Å². The first-order valence-corrected chi connectivity index (χ1v) is 10.9. The third-order valence-corrected chi connectivity index (χ3v) is 7.11. The van der Waals surface area contributed by atoms with Gasteiger partial charge in [-0.25, -0.2) is 4.79 Å². The number of rotatable bonds is 3. The topological polar surface area (TPSA) is 46.6 Å². The van der Waals surface area contributed by atoms with Gasteiger partial charge in [0.05, 0.1) is 11.5 Å². The fourth-order valence-corrected chi connectivity index (χ4v) is 5.86. The molecule has 0 radical (unpaired) electrons. The second kappa shape index (κ2) is 7.45. The van der Waals surface area contributed by atoms with E-state index in [-0.39, 0.29) is 11.9 Å². The third-order valence-electron chi connectivity index (χ3n) is 4.89. The van der Waals surface area contributed by atoms with Crippen LogP contribution in [-0.2, 0) is 22.4 Å². The molecule has 4 rings (SSSR count). The Morgan fingerprint density at radius 3 is 2.88 bits per heavy atom. The maximum Gasteiger partial charge on any atom is 0.329 e. The summed E-state index contributed by atoms with van der Waals surface area (Å²) in [4.78, 5) is 29.1. The number of hydrogen-bond donors (Lipinski definition) is 0. The second-order valence-electron chi connectivity index (χ2n) is 6.46. The molecule has 1 aromatic heterocycles. The van der Waals surface area contributed by atoms with Crippen LogP contribution < -0.4 is 0 Å². The van der Waals surface area contributed by atoms with E-state index in [0.717, 1.165) is 23.5 Å². The maximum absolute atomic E-state index is 13.2. The molecule has 26 heavy (non-hydrogen) atoms. The van der Waals surface area contributed by atoms with E-state index in [9.17, 15) is 9.59 Å². The highest BCUT2D eigenvalue weighted by molar-refractivity contribution is 7.99. The van der Waals surface area contributed by atoms with Crippen molar-refractivity contribution in [2.24, 2.45) is 0 Å². The monoisotopic (exact) mass is 387 g/mol. The van der Waals surface area contributed by atoms with E-state index in [1.54, 1.807) is 34.9 Å². The SMILES string of the molecule is CCOC(=O)[C@@H]1CSCCN1C(=O)c1cc2c(s1)-c1ccccc1CC2. The fourth-order valence-electron chi connectivity index (χ4n) is 3.60. The van der Waals surface area contributed by atoms with Crippen LogP contribution in [0.4, 0.5) is 0 Å². The van der Waals surface area contributed by atoms with Gasteiger partial charge in [-0.1, -0.05) is 24.3 Å². The summed E-state index contributed by atoms with van der Waals surface area (Å²) in [7, 11) is 0. The minimum absolute atomic E-state index is 0.0414. The largest absolute Gasteiger partial charge is 0.464 e. The van der Waals surface area contributed by atoms with E-state index < -0.39 is 6.04 Å². The van der Waals surface area contributed by atoms with E-state index in [1.165, 1.54) is 21.6 Å². The van der Waals surface area contributed by atoms with Gasteiger partial charge in [-0.2, -0.15) is 11.8 Å². The lowest BCUT2D eigenvalue weighted by Gasteiger charge is -2.33. The highest BCUT2D eigenvalue weighted by atomic mass is 32.2. The Balaban J connectivity index is 1.63. The first-order valence-electron chi connectivity index (χ1n) is 8.95. The average molecular weight is 388 g/mol. The lowest BCUT2D eigenvalue weighted by molar-refractivity contribution is -0.147. The molecular formula is C20H21NO3S2. The summed E-state index contributed by atoms with van der Waals surface area (Å²) < 4.78 is 5.18. The van der Waals surface area contributed by atoms with Gasteiger partial charge in [-0.3, -0.25) is 4.79 Å². The van der Waals surface area contributed by atoms with Gasteiger partial charge >= 0.3 is 5.97 Å². The van der Waals surface area contributed by atoms with Crippen molar-refractivity contribution in [2.75, 3.05) is 24.7 Å². The zero-order chi connectivity index (χ0) is 18.1. The van der Waals surface area contributed by atoms with Gasteiger partial charge in [0.1, 0.15) is 6.04 Å². The molecular weight excluding hydrogens is 366 g/mol. The Kier molecular flexibility index (Phi) is 5.05. The number of carbonyl (C=O) groups excluding carboxylic acids is 2. The number of hydrogen-bond acceptors (Lipinski definition) is 5. The number of thioether (sulfide) groups is 1. The van der Waals surface area contributed by atoms with Gasteiger partial charge in [0.25, 0.3) is 5.91 Å². The van der Waals surface area contributed by atoms with Crippen molar-refractivity contribution in [1.82, 2.24) is 4.90 Å². The van der Waals surface area contributed by atoms with Crippen molar-refractivity contribution in [3.05, 3.63) is 46.3 Å². The standard InChI is InChI=1S/C20H21NO3S2/c1-2-24-20(23)16-12-25-10-9-21(16)19(22)17-11-14-8-7-13-5-3-4-6-15(13)18(14)26-17/h3-6,11,16H,2,7-10,12H2,1H3/t16-/m0/s1. The summed E-state index contributed by atoms with van der Waals surface area (Å²) in [5, 5.41) is 0. The summed E-state index contributed by atoms with van der Waals surface area (Å²) in [5.74, 6) is 1.13. The molecule has 136 valence electrons. The molecule has 0 saturated carbocycles. The number of fused-ring (bicyclic) bond motifs is 3. The lowest BCUT2D eigenvalue weighted by atomic mass is 9.91. The second-order valence-corrected chi connectivity index (χ2v) is 8.67. The quantitative estimate of drug-likeness (QED) is 0.755. The van der Waals surface area contributed by atoms with Crippen molar-refractivity contribution in [1.29, 1.82) is 0 Å². The van der Waals surface area contributed by atoms with E-state index in [4.69, 9.17) is 4.74 Å². The van der Waals surface area contributed by atoms with Crippen LogP contribution in [0.1, 0.15) is 27.7 Å². The summed E-state index contributed by atoms with van der Waals surface area (Å²) in [6.07, 6.45) is 1.98. The minimum atomic E-state index is -0.479. The summed E-state index contributed by atoms with van der Waals surface area (Å²) >= 11 is 3.26. The van der Waals surface area contributed by atoms with Crippen LogP contribution in [-0.4, -0.2) is 47.5 Å². The van der Waals surface area contributed by atoms with Crippen LogP contribution >= 0.6 is 23.1 Å². The van der Waals surface area contributed by atoms with Crippen molar-refractivity contribution in [3.63, 3.8) is 0 Å². The first-order chi connectivity index (χ1) is 12.7. The first kappa shape index (κ1) is 17.6. The molecule has 2 heterocycles. The zero-order valence-electron chi connectivity index (χ0n) is 14.7. The Hall–Kier alpha value is -1.79. The highest BCUT2D eigenvalue weighted by Crippen LogP contribution is 2.40. The van der Waals surface area contributed by atoms with Gasteiger partial charge < -0.3 is 9.64 Å². The Bertz CT molecular complexity index is 845. The number of thiophene rings is 1. The normalized spacial score (nSPS) is 18.8. The fraction of sp³-hybridized carbons (Fsp3) is 0.400. The molecule has 0 bridgehead atoms. The van der Waals surface area contributed by atoms with E-state index >= 15 is 0 Å². The number of carbonyl (C=O) groups is 2. The van der Waals surface area contributed by atoms with Gasteiger partial charge in [0.2, 0.25) is 0 Å². The number of benzene rings is 1.